The molecule has 0 aromatic heterocycles. The summed E-state index contributed by atoms with van der Waals surface area (Å²) in [5.41, 5.74) is 0.893. The largest absolute Gasteiger partial charge is 0.494 e. The van der Waals surface area contributed by atoms with Crippen LogP contribution in [0.1, 0.15) is 38.3 Å². The molecule has 0 saturated carbocycles. The summed E-state index contributed by atoms with van der Waals surface area (Å²) in [6, 6.07) is 5.78. The Morgan fingerprint density at radius 1 is 1.33 bits per heavy atom. The molecule has 2 N–H and O–H groups in total. The van der Waals surface area contributed by atoms with Crippen LogP contribution in [0.25, 0.3) is 0 Å². The quantitative estimate of drug-likeness (QED) is 0.810. The lowest BCUT2D eigenvalue weighted by atomic mass is 9.89. The number of carbonyl (C=O) groups is 2. The minimum Gasteiger partial charge on any atom is -0.494 e. The maximum absolute atomic E-state index is 11.9. The molecule has 0 unspecified atom stereocenters. The van der Waals surface area contributed by atoms with Gasteiger partial charge >= 0.3 is 5.97 Å². The summed E-state index contributed by atoms with van der Waals surface area (Å²) >= 11 is 0. The average Bonchev–Trinajstić information content (AvgIpc) is 2.37. The van der Waals surface area contributed by atoms with Crippen LogP contribution in [0.4, 0.5) is 0 Å². The van der Waals surface area contributed by atoms with Crippen molar-refractivity contribution in [2.24, 2.45) is 5.41 Å². The van der Waals surface area contributed by atoms with Crippen LogP contribution < -0.4 is 10.1 Å². The Kier molecular flexibility index (Phi) is 5.76. The van der Waals surface area contributed by atoms with E-state index in [1.54, 1.807) is 0 Å². The first kappa shape index (κ1) is 17.0. The Balaban J connectivity index is 2.67. The molecule has 0 fully saturated rings. The van der Waals surface area contributed by atoms with Gasteiger partial charge in [0.05, 0.1) is 12.0 Å². The molecular weight excluding hydrogens is 270 g/mol. The van der Waals surface area contributed by atoms with E-state index in [9.17, 15) is 9.59 Å². The van der Waals surface area contributed by atoms with E-state index in [1.165, 1.54) is 13.8 Å². The van der Waals surface area contributed by atoms with Crippen molar-refractivity contribution in [3.8, 4) is 5.75 Å². The zero-order chi connectivity index (χ0) is 16.0. The van der Waals surface area contributed by atoms with Crippen molar-refractivity contribution < 1.29 is 19.4 Å². The second kappa shape index (κ2) is 7.11. The number of benzene rings is 1. The third kappa shape index (κ3) is 5.10. The average molecular weight is 293 g/mol. The van der Waals surface area contributed by atoms with Crippen molar-refractivity contribution in [3.63, 3.8) is 0 Å². The molecule has 116 valence electrons. The molecule has 0 heterocycles. The fourth-order valence-corrected chi connectivity index (χ4v) is 1.83. The highest BCUT2D eigenvalue weighted by Gasteiger charge is 2.30. The molecule has 0 bridgehead atoms. The zero-order valence-corrected chi connectivity index (χ0v) is 13.0. The van der Waals surface area contributed by atoms with Crippen LogP contribution in [0.15, 0.2) is 18.2 Å². The summed E-state index contributed by atoms with van der Waals surface area (Å²) < 4.78 is 5.54. The maximum Gasteiger partial charge on any atom is 0.309 e. The first-order chi connectivity index (χ1) is 9.76. The molecule has 0 radical (unpaired) electrons. The molecule has 1 aromatic carbocycles. The smallest absolute Gasteiger partial charge is 0.309 e. The lowest BCUT2D eigenvalue weighted by Crippen LogP contribution is -2.33. The van der Waals surface area contributed by atoms with Gasteiger partial charge in [-0.2, -0.15) is 0 Å². The van der Waals surface area contributed by atoms with Gasteiger partial charge in [0.25, 0.3) is 0 Å². The van der Waals surface area contributed by atoms with Crippen LogP contribution in [-0.4, -0.2) is 23.6 Å². The molecule has 1 aromatic rings. The minimum atomic E-state index is -1.07. The van der Waals surface area contributed by atoms with Crippen molar-refractivity contribution >= 4 is 11.9 Å². The van der Waals surface area contributed by atoms with Gasteiger partial charge in [0.2, 0.25) is 5.91 Å². The number of ether oxygens (including phenoxy) is 1. The summed E-state index contributed by atoms with van der Waals surface area (Å²) in [4.78, 5) is 22.9. The third-order valence-electron chi connectivity index (χ3n) is 3.18. The number of hydrogen-bond acceptors (Lipinski definition) is 3. The fraction of sp³-hybridized carbons (Fsp3) is 0.500. The van der Waals surface area contributed by atoms with E-state index >= 15 is 0 Å². The van der Waals surface area contributed by atoms with Gasteiger partial charge in [-0.05, 0) is 39.3 Å². The highest BCUT2D eigenvalue weighted by molar-refractivity contribution is 5.84. The monoisotopic (exact) mass is 293 g/mol. The van der Waals surface area contributed by atoms with E-state index in [0.717, 1.165) is 16.9 Å². The summed E-state index contributed by atoms with van der Waals surface area (Å²) in [5, 5.41) is 11.8. The Labute approximate surface area is 125 Å². The van der Waals surface area contributed by atoms with E-state index in [1.807, 2.05) is 32.0 Å². The first-order valence-corrected chi connectivity index (χ1v) is 6.98. The molecule has 5 heteroatoms. The predicted octanol–water partition coefficient (Wildman–Crippen LogP) is 2.51. The van der Waals surface area contributed by atoms with Gasteiger partial charge < -0.3 is 15.2 Å². The fourth-order valence-electron chi connectivity index (χ4n) is 1.83. The Hall–Kier alpha value is -2.04. The second-order valence-corrected chi connectivity index (χ2v) is 5.69. The number of aryl methyl sites for hydroxylation is 1. The summed E-state index contributed by atoms with van der Waals surface area (Å²) in [5.74, 6) is -0.524. The summed E-state index contributed by atoms with van der Waals surface area (Å²) in [7, 11) is 0. The van der Waals surface area contributed by atoms with Crippen LogP contribution in [-0.2, 0) is 16.1 Å². The van der Waals surface area contributed by atoms with Crippen molar-refractivity contribution in [1.29, 1.82) is 0 Å². The number of rotatable bonds is 7. The van der Waals surface area contributed by atoms with Crippen LogP contribution in [0.5, 0.6) is 5.75 Å². The molecule has 0 saturated heterocycles. The normalized spacial score (nSPS) is 11.0. The van der Waals surface area contributed by atoms with Gasteiger partial charge in [-0.25, -0.2) is 0 Å². The van der Waals surface area contributed by atoms with Gasteiger partial charge in [0.1, 0.15) is 5.75 Å². The Morgan fingerprint density at radius 3 is 2.57 bits per heavy atom. The topological polar surface area (TPSA) is 75.6 Å². The number of carboxylic acid groups (broad SMARTS) is 1. The highest BCUT2D eigenvalue weighted by atomic mass is 16.5. The van der Waals surface area contributed by atoms with Gasteiger partial charge in [-0.1, -0.05) is 12.1 Å². The lowest BCUT2D eigenvalue weighted by Gasteiger charge is -2.18. The number of carboxylic acids is 1. The van der Waals surface area contributed by atoms with Crippen LogP contribution in [0.3, 0.4) is 0 Å². The molecule has 5 nitrogen and oxygen atoms in total. The summed E-state index contributed by atoms with van der Waals surface area (Å²) in [6.45, 7) is 7.82. The number of nitrogens with one attached hydrogen (secondary N) is 1. The SMILES string of the molecule is CCOc1cc(C)ccc1CNC(=O)CC(C)(C)C(=O)O. The van der Waals surface area contributed by atoms with Crippen LogP contribution >= 0.6 is 0 Å². The van der Waals surface area contributed by atoms with E-state index in [-0.39, 0.29) is 12.3 Å². The molecular formula is C16H23NO4. The van der Waals surface area contributed by atoms with Crippen molar-refractivity contribution in [2.45, 2.75) is 40.7 Å². The number of aliphatic carboxylic acids is 1. The molecule has 0 aliphatic rings. The van der Waals surface area contributed by atoms with Gasteiger partial charge in [0.15, 0.2) is 0 Å². The van der Waals surface area contributed by atoms with Crippen LogP contribution in [0.2, 0.25) is 0 Å². The molecule has 0 spiro atoms. The van der Waals surface area contributed by atoms with Gasteiger partial charge in [0, 0.05) is 18.5 Å². The zero-order valence-electron chi connectivity index (χ0n) is 13.0. The van der Waals surface area contributed by atoms with E-state index in [2.05, 4.69) is 5.32 Å². The molecule has 1 rings (SSSR count). The highest BCUT2D eigenvalue weighted by Crippen LogP contribution is 2.22. The first-order valence-electron chi connectivity index (χ1n) is 6.98. The standard InChI is InChI=1S/C16H23NO4/c1-5-21-13-8-11(2)6-7-12(13)10-17-14(18)9-16(3,4)15(19)20/h6-8H,5,9-10H2,1-4H3,(H,17,18)(H,19,20). The van der Waals surface area contributed by atoms with Crippen LogP contribution in [0, 0.1) is 12.3 Å². The van der Waals surface area contributed by atoms with E-state index in [0.29, 0.717) is 13.2 Å². The predicted molar refractivity (Wildman–Crippen MR) is 80.2 cm³/mol. The molecule has 0 aliphatic carbocycles. The van der Waals surface area contributed by atoms with Gasteiger partial charge in [-0.15, -0.1) is 0 Å². The minimum absolute atomic E-state index is 0.0574. The Bertz CT molecular complexity index is 523. The molecule has 21 heavy (non-hydrogen) atoms. The molecule has 0 atom stereocenters. The van der Waals surface area contributed by atoms with Crippen molar-refractivity contribution in [3.05, 3.63) is 29.3 Å². The third-order valence-corrected chi connectivity index (χ3v) is 3.18. The summed E-state index contributed by atoms with van der Waals surface area (Å²) in [6.07, 6.45) is -0.0574. The molecule has 1 amide bonds. The molecule has 0 aliphatic heterocycles. The Morgan fingerprint density at radius 2 is 2.00 bits per heavy atom. The van der Waals surface area contributed by atoms with E-state index < -0.39 is 11.4 Å². The second-order valence-electron chi connectivity index (χ2n) is 5.69. The van der Waals surface area contributed by atoms with Gasteiger partial charge in [-0.3, -0.25) is 9.59 Å². The van der Waals surface area contributed by atoms with Crippen molar-refractivity contribution in [1.82, 2.24) is 5.32 Å². The number of hydrogen-bond donors (Lipinski definition) is 2. The number of amides is 1. The number of carbonyl (C=O) groups excluding carboxylic acids is 1. The lowest BCUT2D eigenvalue weighted by molar-refractivity contribution is -0.149. The maximum atomic E-state index is 11.9. The van der Waals surface area contributed by atoms with E-state index in [4.69, 9.17) is 9.84 Å². The van der Waals surface area contributed by atoms with Crippen molar-refractivity contribution in [2.75, 3.05) is 6.61 Å².